The van der Waals surface area contributed by atoms with Crippen molar-refractivity contribution in [1.29, 1.82) is 0 Å². The van der Waals surface area contributed by atoms with Gasteiger partial charge in [0.15, 0.2) is 5.43 Å². The number of aryl methyl sites for hydroxylation is 1. The number of pyridine rings is 1. The Labute approximate surface area is 107 Å². The van der Waals surface area contributed by atoms with Gasteiger partial charge >= 0.3 is 0 Å². The number of fused-ring (bicyclic) bond motifs is 2. The first-order chi connectivity index (χ1) is 8.70. The number of aromatic nitrogens is 1. The van der Waals surface area contributed by atoms with E-state index >= 15 is 0 Å². The summed E-state index contributed by atoms with van der Waals surface area (Å²) < 4.78 is 2.16. The summed E-state index contributed by atoms with van der Waals surface area (Å²) in [5.41, 5.74) is 2.22. The third-order valence-electron chi connectivity index (χ3n) is 3.90. The average Bonchev–Trinajstić information content (AvgIpc) is 2.58. The van der Waals surface area contributed by atoms with Gasteiger partial charge in [-0.2, -0.15) is 0 Å². The van der Waals surface area contributed by atoms with E-state index in [1.54, 1.807) is 0 Å². The first kappa shape index (κ1) is 11.3. The van der Waals surface area contributed by atoms with Crippen LogP contribution in [0.4, 0.5) is 5.82 Å². The van der Waals surface area contributed by atoms with E-state index in [0.717, 1.165) is 48.1 Å². The lowest BCUT2D eigenvalue weighted by Crippen LogP contribution is -2.25. The molecule has 1 aliphatic rings. The largest absolute Gasteiger partial charge is 0.361 e. The Bertz CT molecular complexity index is 657. The van der Waals surface area contributed by atoms with Crippen molar-refractivity contribution in [3.05, 3.63) is 40.1 Å². The standard InChI is InChI=1S/C15H18N2O/c1-16-10-6-5-8-12-14(18)11-7-3-4-9-13(11)17(2)15(12)16/h3-4,7,9H,5-6,8,10H2,1-2H3. The van der Waals surface area contributed by atoms with E-state index in [1.807, 2.05) is 24.3 Å². The minimum Gasteiger partial charge on any atom is -0.361 e. The maximum atomic E-state index is 12.6. The molecular formula is C15H18N2O. The third kappa shape index (κ3) is 1.54. The molecule has 3 rings (SSSR count). The molecular weight excluding hydrogens is 224 g/mol. The van der Waals surface area contributed by atoms with Crippen molar-refractivity contribution in [3.63, 3.8) is 0 Å². The molecule has 0 bridgehead atoms. The minimum absolute atomic E-state index is 0.215. The first-order valence-electron chi connectivity index (χ1n) is 6.52. The van der Waals surface area contributed by atoms with Crippen molar-refractivity contribution in [1.82, 2.24) is 4.57 Å². The molecule has 0 amide bonds. The van der Waals surface area contributed by atoms with Gasteiger partial charge in [0.25, 0.3) is 0 Å². The van der Waals surface area contributed by atoms with Gasteiger partial charge in [0.05, 0.1) is 5.52 Å². The smallest absolute Gasteiger partial charge is 0.194 e. The SMILES string of the molecule is CN1CCCCc2c1n(C)c1ccccc1c2=O. The second-order valence-corrected chi connectivity index (χ2v) is 5.09. The number of anilines is 1. The molecule has 0 spiro atoms. The maximum absolute atomic E-state index is 12.6. The number of hydrogen-bond acceptors (Lipinski definition) is 2. The zero-order valence-corrected chi connectivity index (χ0v) is 10.9. The number of benzene rings is 1. The van der Waals surface area contributed by atoms with Gasteiger partial charge in [-0.3, -0.25) is 4.79 Å². The molecule has 18 heavy (non-hydrogen) atoms. The lowest BCUT2D eigenvalue weighted by molar-refractivity contribution is 0.743. The van der Waals surface area contributed by atoms with Crippen molar-refractivity contribution in [2.24, 2.45) is 7.05 Å². The molecule has 0 atom stereocenters. The highest BCUT2D eigenvalue weighted by Gasteiger charge is 2.19. The summed E-state index contributed by atoms with van der Waals surface area (Å²) in [7, 11) is 4.14. The molecule has 0 unspecified atom stereocenters. The van der Waals surface area contributed by atoms with E-state index in [9.17, 15) is 4.79 Å². The zero-order chi connectivity index (χ0) is 12.7. The van der Waals surface area contributed by atoms with E-state index in [4.69, 9.17) is 0 Å². The van der Waals surface area contributed by atoms with Crippen LogP contribution in [0.15, 0.2) is 29.1 Å². The Balaban J connectivity index is 2.44. The quantitative estimate of drug-likeness (QED) is 0.708. The Kier molecular flexibility index (Phi) is 2.62. The summed E-state index contributed by atoms with van der Waals surface area (Å²) in [5.74, 6) is 1.09. The highest BCUT2D eigenvalue weighted by molar-refractivity contribution is 5.82. The Morgan fingerprint density at radius 3 is 2.72 bits per heavy atom. The highest BCUT2D eigenvalue weighted by Crippen LogP contribution is 2.26. The molecule has 0 fully saturated rings. The molecule has 0 aliphatic carbocycles. The van der Waals surface area contributed by atoms with Gasteiger partial charge in [-0.1, -0.05) is 12.1 Å². The molecule has 1 aliphatic heterocycles. The maximum Gasteiger partial charge on any atom is 0.194 e. The van der Waals surface area contributed by atoms with Crippen molar-refractivity contribution in [3.8, 4) is 0 Å². The fourth-order valence-electron chi connectivity index (χ4n) is 3.01. The average molecular weight is 242 g/mol. The zero-order valence-electron chi connectivity index (χ0n) is 10.9. The van der Waals surface area contributed by atoms with Crippen molar-refractivity contribution >= 4 is 16.7 Å². The van der Waals surface area contributed by atoms with Crippen LogP contribution in [-0.2, 0) is 13.5 Å². The molecule has 0 N–H and O–H groups in total. The van der Waals surface area contributed by atoms with Gasteiger partial charge < -0.3 is 9.47 Å². The van der Waals surface area contributed by atoms with Gasteiger partial charge in [-0.05, 0) is 31.4 Å². The molecule has 2 aromatic rings. The fraction of sp³-hybridized carbons (Fsp3) is 0.400. The normalized spacial score (nSPS) is 15.6. The molecule has 1 aromatic carbocycles. The number of rotatable bonds is 0. The van der Waals surface area contributed by atoms with Crippen LogP contribution in [0.25, 0.3) is 10.9 Å². The molecule has 0 saturated carbocycles. The molecule has 2 heterocycles. The van der Waals surface area contributed by atoms with E-state index in [-0.39, 0.29) is 5.43 Å². The van der Waals surface area contributed by atoms with Gasteiger partial charge in [0.1, 0.15) is 5.82 Å². The van der Waals surface area contributed by atoms with Crippen LogP contribution in [0.5, 0.6) is 0 Å². The Morgan fingerprint density at radius 2 is 1.89 bits per heavy atom. The monoisotopic (exact) mass is 242 g/mol. The molecule has 3 nitrogen and oxygen atoms in total. The van der Waals surface area contributed by atoms with Crippen LogP contribution in [0, 0.1) is 0 Å². The third-order valence-corrected chi connectivity index (χ3v) is 3.90. The van der Waals surface area contributed by atoms with Crippen LogP contribution in [0.1, 0.15) is 18.4 Å². The van der Waals surface area contributed by atoms with E-state index < -0.39 is 0 Å². The predicted octanol–water partition coefficient (Wildman–Crippen LogP) is 2.31. The van der Waals surface area contributed by atoms with Crippen LogP contribution in [0.2, 0.25) is 0 Å². The summed E-state index contributed by atoms with van der Waals surface area (Å²) in [5, 5.41) is 0.842. The molecule has 94 valence electrons. The van der Waals surface area contributed by atoms with Crippen molar-refractivity contribution in [2.45, 2.75) is 19.3 Å². The second kappa shape index (κ2) is 4.16. The van der Waals surface area contributed by atoms with Crippen LogP contribution in [0.3, 0.4) is 0 Å². The van der Waals surface area contributed by atoms with Gasteiger partial charge in [-0.25, -0.2) is 0 Å². The van der Waals surface area contributed by atoms with E-state index in [1.165, 1.54) is 0 Å². The topological polar surface area (TPSA) is 25.2 Å². The summed E-state index contributed by atoms with van der Waals surface area (Å²) >= 11 is 0. The lowest BCUT2D eigenvalue weighted by Gasteiger charge is -2.23. The van der Waals surface area contributed by atoms with Crippen LogP contribution in [-0.4, -0.2) is 18.2 Å². The summed E-state index contributed by atoms with van der Waals surface area (Å²) in [6.07, 6.45) is 3.16. The molecule has 0 saturated heterocycles. The lowest BCUT2D eigenvalue weighted by atomic mass is 10.1. The number of para-hydroxylation sites is 1. The first-order valence-corrected chi connectivity index (χ1v) is 6.52. The van der Waals surface area contributed by atoms with Crippen molar-refractivity contribution < 1.29 is 0 Å². The van der Waals surface area contributed by atoms with Gasteiger partial charge in [0, 0.05) is 31.6 Å². The molecule has 0 radical (unpaired) electrons. The highest BCUT2D eigenvalue weighted by atomic mass is 16.1. The number of nitrogens with zero attached hydrogens (tertiary/aromatic N) is 2. The summed E-state index contributed by atoms with van der Waals surface area (Å²) in [6, 6.07) is 7.89. The minimum atomic E-state index is 0.215. The van der Waals surface area contributed by atoms with Gasteiger partial charge in [0.2, 0.25) is 0 Å². The second-order valence-electron chi connectivity index (χ2n) is 5.09. The summed E-state index contributed by atoms with van der Waals surface area (Å²) in [4.78, 5) is 14.8. The van der Waals surface area contributed by atoms with Crippen LogP contribution < -0.4 is 10.3 Å². The predicted molar refractivity (Wildman–Crippen MR) is 75.4 cm³/mol. The molecule has 1 aromatic heterocycles. The Hall–Kier alpha value is -1.77. The van der Waals surface area contributed by atoms with Gasteiger partial charge in [-0.15, -0.1) is 0 Å². The van der Waals surface area contributed by atoms with E-state index in [2.05, 4.69) is 23.6 Å². The molecule has 3 heteroatoms. The van der Waals surface area contributed by atoms with E-state index in [0.29, 0.717) is 0 Å². The van der Waals surface area contributed by atoms with Crippen LogP contribution >= 0.6 is 0 Å². The number of hydrogen-bond donors (Lipinski definition) is 0. The summed E-state index contributed by atoms with van der Waals surface area (Å²) in [6.45, 7) is 1.03. The fourth-order valence-corrected chi connectivity index (χ4v) is 3.01. The Morgan fingerprint density at radius 1 is 1.11 bits per heavy atom. The van der Waals surface area contributed by atoms with Crippen molar-refractivity contribution in [2.75, 3.05) is 18.5 Å².